The number of hydrogen-bond acceptors (Lipinski definition) is 4. The molecule has 0 aliphatic rings. The second-order valence-corrected chi connectivity index (χ2v) is 4.30. The maximum Gasteiger partial charge on any atom is 0.341 e. The highest BCUT2D eigenvalue weighted by atomic mass is 16.5. The van der Waals surface area contributed by atoms with Gasteiger partial charge in [0, 0.05) is 31.5 Å². The Morgan fingerprint density at radius 1 is 1.38 bits per heavy atom. The Labute approximate surface area is 123 Å². The molecule has 0 atom stereocenters. The van der Waals surface area contributed by atoms with Gasteiger partial charge in [-0.2, -0.15) is 0 Å². The van der Waals surface area contributed by atoms with Gasteiger partial charge in [0.15, 0.2) is 6.61 Å². The highest BCUT2D eigenvalue weighted by molar-refractivity contribution is 5.89. The van der Waals surface area contributed by atoms with Crippen LogP contribution in [0.3, 0.4) is 0 Å². The summed E-state index contributed by atoms with van der Waals surface area (Å²) in [6.45, 7) is 2.44. The van der Waals surface area contributed by atoms with Gasteiger partial charge < -0.3 is 25.2 Å². The number of aliphatic carboxylic acids is 1. The molecule has 2 amide bonds. The molecule has 7 heteroatoms. The third-order valence-corrected chi connectivity index (χ3v) is 2.70. The average molecular weight is 296 g/mol. The van der Waals surface area contributed by atoms with E-state index >= 15 is 0 Å². The molecule has 0 saturated carbocycles. The number of carboxylic acids is 1. The molecule has 0 spiro atoms. The minimum Gasteiger partial charge on any atom is -0.482 e. The second-order valence-electron chi connectivity index (χ2n) is 4.30. The number of urea groups is 1. The first-order chi connectivity index (χ1) is 10.1. The number of amides is 2. The molecule has 0 aliphatic heterocycles. The molecule has 1 aromatic carbocycles. The fraction of sp³-hybridized carbons (Fsp3) is 0.429. The predicted octanol–water partition coefficient (Wildman–Crippen LogP) is 1.39. The van der Waals surface area contributed by atoms with E-state index in [2.05, 4.69) is 5.32 Å². The van der Waals surface area contributed by atoms with Crippen LogP contribution >= 0.6 is 0 Å². The van der Waals surface area contributed by atoms with Crippen molar-refractivity contribution in [1.29, 1.82) is 0 Å². The van der Waals surface area contributed by atoms with Crippen molar-refractivity contribution in [3.8, 4) is 5.75 Å². The monoisotopic (exact) mass is 296 g/mol. The molecule has 1 rings (SSSR count). The van der Waals surface area contributed by atoms with Gasteiger partial charge in [-0.1, -0.05) is 6.07 Å². The molecule has 1 aromatic rings. The fourth-order valence-electron chi connectivity index (χ4n) is 1.68. The molecular weight excluding hydrogens is 276 g/mol. The van der Waals surface area contributed by atoms with Crippen LogP contribution in [0.25, 0.3) is 0 Å². The van der Waals surface area contributed by atoms with Gasteiger partial charge in [-0.15, -0.1) is 0 Å². The van der Waals surface area contributed by atoms with Crippen molar-refractivity contribution in [1.82, 2.24) is 4.90 Å². The van der Waals surface area contributed by atoms with Gasteiger partial charge in [-0.25, -0.2) is 9.59 Å². The van der Waals surface area contributed by atoms with Crippen LogP contribution in [-0.4, -0.2) is 53.4 Å². The maximum atomic E-state index is 12.0. The van der Waals surface area contributed by atoms with Crippen LogP contribution in [0.2, 0.25) is 0 Å². The summed E-state index contributed by atoms with van der Waals surface area (Å²) in [6.07, 6.45) is 0.517. The topological polar surface area (TPSA) is 99.1 Å². The van der Waals surface area contributed by atoms with Crippen LogP contribution in [-0.2, 0) is 4.79 Å². The Kier molecular flexibility index (Phi) is 7.03. The van der Waals surface area contributed by atoms with Crippen LogP contribution in [0.1, 0.15) is 13.3 Å². The quantitative estimate of drug-likeness (QED) is 0.673. The number of hydrogen-bond donors (Lipinski definition) is 3. The van der Waals surface area contributed by atoms with Gasteiger partial charge in [0.1, 0.15) is 5.75 Å². The van der Waals surface area contributed by atoms with Crippen molar-refractivity contribution in [2.45, 2.75) is 13.3 Å². The minimum absolute atomic E-state index is 0.0301. The molecular formula is C14H20N2O5. The van der Waals surface area contributed by atoms with Gasteiger partial charge in [-0.05, 0) is 25.5 Å². The van der Waals surface area contributed by atoms with Gasteiger partial charge >= 0.3 is 12.0 Å². The van der Waals surface area contributed by atoms with Crippen molar-refractivity contribution >= 4 is 17.7 Å². The van der Waals surface area contributed by atoms with Crippen LogP contribution in [0.15, 0.2) is 24.3 Å². The number of carbonyl (C=O) groups is 2. The van der Waals surface area contributed by atoms with E-state index in [0.717, 1.165) is 0 Å². The van der Waals surface area contributed by atoms with Crippen molar-refractivity contribution in [2.75, 3.05) is 31.6 Å². The Morgan fingerprint density at radius 2 is 2.14 bits per heavy atom. The van der Waals surface area contributed by atoms with E-state index in [9.17, 15) is 9.59 Å². The Morgan fingerprint density at radius 3 is 2.76 bits per heavy atom. The Bertz CT molecular complexity index is 478. The van der Waals surface area contributed by atoms with Crippen LogP contribution in [0.4, 0.5) is 10.5 Å². The summed E-state index contributed by atoms with van der Waals surface area (Å²) in [5.74, 6) is -0.695. The molecule has 0 aliphatic carbocycles. The lowest BCUT2D eigenvalue weighted by Crippen LogP contribution is -2.35. The van der Waals surface area contributed by atoms with Crippen molar-refractivity contribution in [2.24, 2.45) is 0 Å². The van der Waals surface area contributed by atoms with E-state index in [4.69, 9.17) is 14.9 Å². The van der Waals surface area contributed by atoms with E-state index in [1.165, 1.54) is 0 Å². The minimum atomic E-state index is -1.06. The molecule has 0 heterocycles. The van der Waals surface area contributed by atoms with Crippen LogP contribution in [0.5, 0.6) is 5.75 Å². The number of benzene rings is 1. The molecule has 0 saturated heterocycles. The zero-order valence-corrected chi connectivity index (χ0v) is 11.9. The summed E-state index contributed by atoms with van der Waals surface area (Å²) in [7, 11) is 0. The Balaban J connectivity index is 2.62. The smallest absolute Gasteiger partial charge is 0.341 e. The van der Waals surface area contributed by atoms with Crippen molar-refractivity contribution in [3.05, 3.63) is 24.3 Å². The summed E-state index contributed by atoms with van der Waals surface area (Å²) in [4.78, 5) is 24.0. The maximum absolute atomic E-state index is 12.0. The standard InChI is InChI=1S/C14H20N2O5/c1-2-16(7-4-8-17)14(20)15-11-5-3-6-12(9-11)21-10-13(18)19/h3,5-6,9,17H,2,4,7-8,10H2,1H3,(H,15,20)(H,18,19). The number of ether oxygens (including phenoxy) is 1. The summed E-state index contributed by atoms with van der Waals surface area (Å²) in [6, 6.07) is 6.24. The molecule has 3 N–H and O–H groups in total. The summed E-state index contributed by atoms with van der Waals surface area (Å²) in [5.41, 5.74) is 0.519. The lowest BCUT2D eigenvalue weighted by molar-refractivity contribution is -0.139. The predicted molar refractivity (Wildman–Crippen MR) is 77.5 cm³/mol. The van der Waals surface area contributed by atoms with Crippen molar-refractivity contribution < 1.29 is 24.5 Å². The molecule has 0 fully saturated rings. The number of rotatable bonds is 8. The molecule has 0 aromatic heterocycles. The van der Waals surface area contributed by atoms with E-state index in [-0.39, 0.29) is 12.6 Å². The molecule has 116 valence electrons. The molecule has 0 bridgehead atoms. The SMILES string of the molecule is CCN(CCCO)C(=O)Nc1cccc(OCC(=O)O)c1. The van der Waals surface area contributed by atoms with Gasteiger partial charge in [-0.3, -0.25) is 0 Å². The lowest BCUT2D eigenvalue weighted by atomic mass is 10.3. The summed E-state index contributed by atoms with van der Waals surface area (Å²) >= 11 is 0. The molecule has 7 nitrogen and oxygen atoms in total. The first-order valence-corrected chi connectivity index (χ1v) is 6.68. The number of nitrogens with one attached hydrogen (secondary N) is 1. The van der Waals surface area contributed by atoms with Gasteiger partial charge in [0.2, 0.25) is 0 Å². The lowest BCUT2D eigenvalue weighted by Gasteiger charge is -2.21. The zero-order chi connectivity index (χ0) is 15.7. The van der Waals surface area contributed by atoms with Crippen LogP contribution < -0.4 is 10.1 Å². The van der Waals surface area contributed by atoms with E-state index in [1.807, 2.05) is 6.92 Å². The molecule has 21 heavy (non-hydrogen) atoms. The molecule has 0 unspecified atom stereocenters. The summed E-state index contributed by atoms with van der Waals surface area (Å²) in [5, 5.41) is 20.1. The normalized spacial score (nSPS) is 10.0. The highest BCUT2D eigenvalue weighted by Crippen LogP contribution is 2.17. The number of nitrogens with zero attached hydrogens (tertiary/aromatic N) is 1. The Hall–Kier alpha value is -2.28. The van der Waals surface area contributed by atoms with Crippen LogP contribution in [0, 0.1) is 0 Å². The highest BCUT2D eigenvalue weighted by Gasteiger charge is 2.11. The van der Waals surface area contributed by atoms with Gasteiger partial charge in [0.25, 0.3) is 0 Å². The zero-order valence-electron chi connectivity index (χ0n) is 11.9. The molecule has 0 radical (unpaired) electrons. The first kappa shape index (κ1) is 16.8. The van der Waals surface area contributed by atoms with Gasteiger partial charge in [0.05, 0.1) is 0 Å². The number of aliphatic hydroxyl groups is 1. The fourth-order valence-corrected chi connectivity index (χ4v) is 1.68. The third-order valence-electron chi connectivity index (χ3n) is 2.70. The second kappa shape index (κ2) is 8.80. The van der Waals surface area contributed by atoms with E-state index < -0.39 is 12.6 Å². The average Bonchev–Trinajstić information content (AvgIpc) is 2.46. The number of carbonyl (C=O) groups excluding carboxylic acids is 1. The first-order valence-electron chi connectivity index (χ1n) is 6.68. The number of anilines is 1. The third kappa shape index (κ3) is 6.13. The number of aliphatic hydroxyl groups excluding tert-OH is 1. The largest absolute Gasteiger partial charge is 0.482 e. The van der Waals surface area contributed by atoms with Crippen molar-refractivity contribution in [3.63, 3.8) is 0 Å². The van der Waals surface area contributed by atoms with E-state index in [0.29, 0.717) is 30.9 Å². The summed E-state index contributed by atoms with van der Waals surface area (Å²) < 4.78 is 5.04. The van der Waals surface area contributed by atoms with E-state index in [1.54, 1.807) is 29.2 Å². The number of carboxylic acid groups (broad SMARTS) is 1.